The molecule has 0 unspecified atom stereocenters. The molecule has 0 fully saturated rings. The van der Waals surface area contributed by atoms with Crippen LogP contribution in [0.5, 0.6) is 0 Å². The number of nitriles is 1. The Morgan fingerprint density at radius 1 is 0.575 bits per heavy atom. The van der Waals surface area contributed by atoms with Crippen LogP contribution in [0, 0.1) is 11.3 Å². The van der Waals surface area contributed by atoms with Gasteiger partial charge in [0.1, 0.15) is 17.2 Å². The number of rotatable bonds is 3. The van der Waals surface area contributed by atoms with Crippen LogP contribution in [0.1, 0.15) is 5.56 Å². The van der Waals surface area contributed by atoms with E-state index >= 15 is 0 Å². The van der Waals surface area contributed by atoms with Crippen molar-refractivity contribution in [2.24, 2.45) is 0 Å². The molecule has 3 aromatic heterocycles. The van der Waals surface area contributed by atoms with Crippen LogP contribution in [-0.4, -0.2) is 9.55 Å². The van der Waals surface area contributed by atoms with E-state index in [1.165, 1.54) is 10.8 Å². The molecule has 3 heterocycles. The first kappa shape index (κ1) is 22.3. The fourth-order valence-electron chi connectivity index (χ4n) is 5.89. The first-order valence-electron chi connectivity index (χ1n) is 13.2. The number of pyridine rings is 1. The van der Waals surface area contributed by atoms with E-state index in [1.807, 2.05) is 18.2 Å². The maximum Gasteiger partial charge on any atom is 0.137 e. The third-order valence-electron chi connectivity index (χ3n) is 7.69. The van der Waals surface area contributed by atoms with Crippen LogP contribution in [0.3, 0.4) is 0 Å². The van der Waals surface area contributed by atoms with Gasteiger partial charge in [-0.1, -0.05) is 72.8 Å². The SMILES string of the molecule is N#Cc1cncc(-c2cccc(-c3ccccc3-n3c4ccccc4c4cc5c(cc43)oc3ccccc35)c2)c1. The molecule has 8 rings (SSSR count). The highest BCUT2D eigenvalue weighted by atomic mass is 16.3. The van der Waals surface area contributed by atoms with E-state index < -0.39 is 0 Å². The van der Waals surface area contributed by atoms with Gasteiger partial charge >= 0.3 is 0 Å². The van der Waals surface area contributed by atoms with Crippen LogP contribution in [-0.2, 0) is 0 Å². The third kappa shape index (κ3) is 3.35. The normalized spacial score (nSPS) is 11.5. The van der Waals surface area contributed by atoms with E-state index in [-0.39, 0.29) is 0 Å². The molecule has 186 valence electrons. The molecule has 4 nitrogen and oxygen atoms in total. The summed E-state index contributed by atoms with van der Waals surface area (Å²) < 4.78 is 8.65. The number of hydrogen-bond acceptors (Lipinski definition) is 3. The van der Waals surface area contributed by atoms with Crippen molar-refractivity contribution in [3.8, 4) is 34.0 Å². The van der Waals surface area contributed by atoms with Crippen LogP contribution < -0.4 is 0 Å². The highest BCUT2D eigenvalue weighted by molar-refractivity contribution is 6.17. The van der Waals surface area contributed by atoms with Gasteiger partial charge in [0.15, 0.2) is 0 Å². The first-order chi connectivity index (χ1) is 19.8. The Labute approximate surface area is 230 Å². The van der Waals surface area contributed by atoms with Crippen molar-refractivity contribution in [3.63, 3.8) is 0 Å². The Balaban J connectivity index is 1.39. The maximum atomic E-state index is 9.36. The Bertz CT molecular complexity index is 2300. The van der Waals surface area contributed by atoms with Crippen molar-refractivity contribution < 1.29 is 4.42 Å². The lowest BCUT2D eigenvalue weighted by molar-refractivity contribution is 0.669. The smallest absolute Gasteiger partial charge is 0.137 e. The largest absolute Gasteiger partial charge is 0.456 e. The molecular formula is C36H21N3O. The van der Waals surface area contributed by atoms with Gasteiger partial charge in [-0.2, -0.15) is 5.26 Å². The average molecular weight is 512 g/mol. The predicted molar refractivity (Wildman–Crippen MR) is 161 cm³/mol. The van der Waals surface area contributed by atoms with Crippen molar-refractivity contribution in [2.75, 3.05) is 0 Å². The fourth-order valence-corrected chi connectivity index (χ4v) is 5.89. The van der Waals surface area contributed by atoms with Crippen molar-refractivity contribution in [1.29, 1.82) is 5.26 Å². The van der Waals surface area contributed by atoms with Gasteiger partial charge in [-0.25, -0.2) is 0 Å². The lowest BCUT2D eigenvalue weighted by Crippen LogP contribution is -1.97. The minimum absolute atomic E-state index is 0.547. The summed E-state index contributed by atoms with van der Waals surface area (Å²) in [6.07, 6.45) is 3.39. The van der Waals surface area contributed by atoms with E-state index in [0.717, 1.165) is 60.9 Å². The van der Waals surface area contributed by atoms with E-state index in [4.69, 9.17) is 4.42 Å². The van der Waals surface area contributed by atoms with Crippen molar-refractivity contribution in [3.05, 3.63) is 133 Å². The van der Waals surface area contributed by atoms with Crippen LogP contribution in [0.15, 0.2) is 132 Å². The molecule has 4 heteroatoms. The quantitative estimate of drug-likeness (QED) is 0.237. The zero-order valence-electron chi connectivity index (χ0n) is 21.4. The molecule has 0 aliphatic rings. The first-order valence-corrected chi connectivity index (χ1v) is 13.2. The van der Waals surface area contributed by atoms with E-state index in [2.05, 4.69) is 113 Å². The summed E-state index contributed by atoms with van der Waals surface area (Å²) in [7, 11) is 0. The van der Waals surface area contributed by atoms with E-state index in [0.29, 0.717) is 5.56 Å². The van der Waals surface area contributed by atoms with Crippen LogP contribution in [0.4, 0.5) is 0 Å². The minimum Gasteiger partial charge on any atom is -0.456 e. The number of para-hydroxylation sites is 3. The highest BCUT2D eigenvalue weighted by Crippen LogP contribution is 2.40. The maximum absolute atomic E-state index is 9.36. The molecule has 0 atom stereocenters. The van der Waals surface area contributed by atoms with Crippen molar-refractivity contribution >= 4 is 43.7 Å². The van der Waals surface area contributed by atoms with Gasteiger partial charge in [0.25, 0.3) is 0 Å². The third-order valence-corrected chi connectivity index (χ3v) is 7.69. The van der Waals surface area contributed by atoms with Crippen LogP contribution >= 0.6 is 0 Å². The van der Waals surface area contributed by atoms with Gasteiger partial charge in [-0.15, -0.1) is 0 Å². The number of furan rings is 1. The predicted octanol–water partition coefficient (Wildman–Crippen LogP) is 9.28. The summed E-state index contributed by atoms with van der Waals surface area (Å²) in [6, 6.07) is 42.2. The van der Waals surface area contributed by atoms with Crippen molar-refractivity contribution in [2.45, 2.75) is 0 Å². The summed E-state index contributed by atoms with van der Waals surface area (Å²) in [4.78, 5) is 4.27. The Hall–Kier alpha value is -5.66. The number of benzene rings is 5. The molecule has 0 bridgehead atoms. The monoisotopic (exact) mass is 511 g/mol. The summed E-state index contributed by atoms with van der Waals surface area (Å²) in [6.45, 7) is 0. The van der Waals surface area contributed by atoms with E-state index in [9.17, 15) is 5.26 Å². The molecule has 0 aliphatic carbocycles. The topological polar surface area (TPSA) is 54.8 Å². The Kier molecular flexibility index (Phi) is 4.85. The second-order valence-corrected chi connectivity index (χ2v) is 9.99. The molecule has 0 spiro atoms. The molecule has 0 saturated carbocycles. The molecular weight excluding hydrogens is 490 g/mol. The van der Waals surface area contributed by atoms with E-state index in [1.54, 1.807) is 12.4 Å². The molecule has 8 aromatic rings. The van der Waals surface area contributed by atoms with Crippen LogP contribution in [0.2, 0.25) is 0 Å². The molecule has 0 radical (unpaired) electrons. The zero-order chi connectivity index (χ0) is 26.6. The van der Waals surface area contributed by atoms with Gasteiger partial charge in [0.05, 0.1) is 22.3 Å². The molecule has 0 aliphatic heterocycles. The van der Waals surface area contributed by atoms with Crippen LogP contribution in [0.25, 0.3) is 71.7 Å². The van der Waals surface area contributed by atoms with Gasteiger partial charge in [0.2, 0.25) is 0 Å². The second kappa shape index (κ2) is 8.69. The number of aromatic nitrogens is 2. The minimum atomic E-state index is 0.547. The van der Waals surface area contributed by atoms with Gasteiger partial charge < -0.3 is 8.98 Å². The average Bonchev–Trinajstić information content (AvgIpc) is 3.55. The van der Waals surface area contributed by atoms with Crippen molar-refractivity contribution in [1.82, 2.24) is 9.55 Å². The summed E-state index contributed by atoms with van der Waals surface area (Å²) >= 11 is 0. The standard InChI is InChI=1S/C36H21N3O/c37-20-23-16-26(22-38-21-23)24-8-7-9-25(17-24)27-10-1-4-13-32(27)39-33-14-5-2-11-28(33)30-18-31-29-12-3-6-15-35(29)40-36(31)19-34(30)39/h1-19,21-22H. The molecule has 5 aromatic carbocycles. The summed E-state index contributed by atoms with van der Waals surface area (Å²) in [5, 5.41) is 14.0. The van der Waals surface area contributed by atoms with Gasteiger partial charge in [-0.05, 0) is 47.5 Å². The fraction of sp³-hybridized carbons (Fsp3) is 0. The number of nitrogens with zero attached hydrogens (tertiary/aromatic N) is 3. The number of fused-ring (bicyclic) bond motifs is 6. The summed E-state index contributed by atoms with van der Waals surface area (Å²) in [5.41, 5.74) is 9.79. The Morgan fingerprint density at radius 2 is 1.38 bits per heavy atom. The molecule has 0 saturated heterocycles. The lowest BCUT2D eigenvalue weighted by atomic mass is 9.98. The van der Waals surface area contributed by atoms with Gasteiger partial charge in [0, 0.05) is 51.1 Å². The Morgan fingerprint density at radius 3 is 2.30 bits per heavy atom. The molecule has 0 N–H and O–H groups in total. The second-order valence-electron chi connectivity index (χ2n) is 9.99. The zero-order valence-corrected chi connectivity index (χ0v) is 21.4. The highest BCUT2D eigenvalue weighted by Gasteiger charge is 2.18. The summed E-state index contributed by atoms with van der Waals surface area (Å²) in [5.74, 6) is 0. The van der Waals surface area contributed by atoms with Gasteiger partial charge in [-0.3, -0.25) is 4.98 Å². The molecule has 40 heavy (non-hydrogen) atoms. The number of hydrogen-bond donors (Lipinski definition) is 0. The lowest BCUT2D eigenvalue weighted by Gasteiger charge is -2.15. The molecule has 0 amide bonds.